The van der Waals surface area contributed by atoms with Crippen LogP contribution in [-0.4, -0.2) is 24.9 Å². The highest BCUT2D eigenvalue weighted by molar-refractivity contribution is 7.90. The van der Waals surface area contributed by atoms with E-state index in [4.69, 9.17) is 10.2 Å². The summed E-state index contributed by atoms with van der Waals surface area (Å²) in [6.07, 6.45) is 1.69. The van der Waals surface area contributed by atoms with Crippen LogP contribution >= 0.6 is 0 Å². The predicted octanol–water partition coefficient (Wildman–Crippen LogP) is -0.810. The average Bonchev–Trinajstić information content (AvgIpc) is 1.53. The molecule has 3 aliphatic carbocycles. The van der Waals surface area contributed by atoms with Crippen LogP contribution in [0, 0.1) is 5.41 Å². The molecule has 0 spiro atoms. The fourth-order valence-electron chi connectivity index (χ4n) is 2.36. The predicted molar refractivity (Wildman–Crippen MR) is 39.2 cm³/mol. The Morgan fingerprint density at radius 3 is 2.09 bits per heavy atom. The summed E-state index contributed by atoms with van der Waals surface area (Å²) in [5, 5.41) is 13.8. The van der Waals surface area contributed by atoms with E-state index in [0.717, 1.165) is 0 Å². The van der Waals surface area contributed by atoms with Crippen LogP contribution in [0.3, 0.4) is 0 Å². The highest BCUT2D eigenvalue weighted by atomic mass is 32.2. The zero-order chi connectivity index (χ0) is 8.33. The van der Waals surface area contributed by atoms with Crippen LogP contribution in [0.4, 0.5) is 0 Å². The summed E-state index contributed by atoms with van der Waals surface area (Å²) in [6.45, 7) is 0.101. The Labute approximate surface area is 65.4 Å². The fraction of sp³-hybridized carbons (Fsp3) is 1.00. The third kappa shape index (κ3) is 0.685. The second-order valence-corrected chi connectivity index (χ2v) is 5.87. The Bertz CT molecular complexity index is 275. The third-order valence-corrected chi connectivity index (χ3v) is 4.67. The molecule has 64 valence electrons. The molecule has 0 aliphatic heterocycles. The highest BCUT2D eigenvalue weighted by Gasteiger charge is 2.72. The number of sulfonamides is 1. The normalized spacial score (nSPS) is 47.8. The van der Waals surface area contributed by atoms with E-state index in [1.54, 1.807) is 0 Å². The fourth-order valence-corrected chi connectivity index (χ4v) is 3.89. The summed E-state index contributed by atoms with van der Waals surface area (Å²) in [5.74, 6) is 0. The lowest BCUT2D eigenvalue weighted by atomic mass is 9.44. The molecule has 5 heteroatoms. The third-order valence-electron chi connectivity index (χ3n) is 3.03. The van der Waals surface area contributed by atoms with E-state index in [1.807, 2.05) is 0 Å². The van der Waals surface area contributed by atoms with Gasteiger partial charge in [0.2, 0.25) is 10.0 Å². The molecule has 3 fully saturated rings. The maximum Gasteiger partial charge on any atom is 0.214 e. The first-order valence-corrected chi connectivity index (χ1v) is 5.11. The molecule has 0 atom stereocenters. The molecule has 0 unspecified atom stereocenters. The number of hydrogen-bond donors (Lipinski definition) is 2. The van der Waals surface area contributed by atoms with Crippen molar-refractivity contribution in [2.75, 3.05) is 6.61 Å². The van der Waals surface area contributed by atoms with E-state index in [2.05, 4.69) is 0 Å². The van der Waals surface area contributed by atoms with Gasteiger partial charge in [-0.2, -0.15) is 0 Å². The molecule has 3 saturated carbocycles. The average molecular weight is 177 g/mol. The van der Waals surface area contributed by atoms with Crippen molar-refractivity contribution in [1.82, 2.24) is 0 Å². The van der Waals surface area contributed by atoms with Crippen LogP contribution in [0.5, 0.6) is 0 Å². The Morgan fingerprint density at radius 2 is 1.82 bits per heavy atom. The second-order valence-electron chi connectivity index (χ2n) is 3.92. The lowest BCUT2D eigenvalue weighted by Gasteiger charge is -2.68. The molecule has 3 rings (SSSR count). The van der Waals surface area contributed by atoms with Gasteiger partial charge in [0.15, 0.2) is 0 Å². The van der Waals surface area contributed by atoms with Crippen molar-refractivity contribution >= 4 is 10.0 Å². The van der Waals surface area contributed by atoms with Gasteiger partial charge in [0, 0.05) is 6.61 Å². The lowest BCUT2D eigenvalue weighted by molar-refractivity contribution is -0.116. The highest BCUT2D eigenvalue weighted by Crippen LogP contribution is 2.69. The molecule has 11 heavy (non-hydrogen) atoms. The summed E-state index contributed by atoms with van der Waals surface area (Å²) in [5.41, 5.74) is -0.0769. The minimum atomic E-state index is -3.36. The van der Waals surface area contributed by atoms with Crippen LogP contribution in [0.25, 0.3) is 0 Å². The standard InChI is InChI=1S/C6H11NO3S/c7-11(9,10)6-1-5(2-6,3-6)4-8/h8H,1-4H2,(H2,7,9,10). The van der Waals surface area contributed by atoms with Gasteiger partial charge in [0.1, 0.15) is 0 Å². The van der Waals surface area contributed by atoms with E-state index in [9.17, 15) is 8.42 Å². The van der Waals surface area contributed by atoms with Crippen LogP contribution in [0.2, 0.25) is 0 Å². The van der Waals surface area contributed by atoms with Gasteiger partial charge in [-0.1, -0.05) is 0 Å². The monoisotopic (exact) mass is 177 g/mol. The number of rotatable bonds is 2. The minimum Gasteiger partial charge on any atom is -0.396 e. The topological polar surface area (TPSA) is 80.4 Å². The SMILES string of the molecule is NS(=O)(=O)C12CC(CO)(C1)C2. The molecule has 0 aromatic rings. The molecule has 3 N–H and O–H groups in total. The largest absolute Gasteiger partial charge is 0.396 e. The van der Waals surface area contributed by atoms with E-state index in [0.29, 0.717) is 19.3 Å². The summed E-state index contributed by atoms with van der Waals surface area (Å²) in [4.78, 5) is 0. The molecular weight excluding hydrogens is 166 g/mol. The smallest absolute Gasteiger partial charge is 0.214 e. The summed E-state index contributed by atoms with van der Waals surface area (Å²) < 4.78 is 21.2. The van der Waals surface area contributed by atoms with Crippen molar-refractivity contribution in [1.29, 1.82) is 0 Å². The van der Waals surface area contributed by atoms with Gasteiger partial charge in [-0.05, 0) is 24.7 Å². The molecule has 4 nitrogen and oxygen atoms in total. The number of aliphatic hydroxyl groups excluding tert-OH is 1. The van der Waals surface area contributed by atoms with E-state index in [-0.39, 0.29) is 12.0 Å². The van der Waals surface area contributed by atoms with E-state index in [1.165, 1.54) is 0 Å². The van der Waals surface area contributed by atoms with Gasteiger partial charge in [-0.25, -0.2) is 13.6 Å². The second kappa shape index (κ2) is 1.62. The van der Waals surface area contributed by atoms with Crippen LogP contribution in [0.15, 0.2) is 0 Å². The molecule has 0 aromatic carbocycles. The van der Waals surface area contributed by atoms with Gasteiger partial charge in [0.05, 0.1) is 4.75 Å². The molecule has 0 aromatic heterocycles. The van der Waals surface area contributed by atoms with Crippen LogP contribution in [0.1, 0.15) is 19.3 Å². The van der Waals surface area contributed by atoms with Gasteiger partial charge in [0.25, 0.3) is 0 Å². The Hall–Kier alpha value is -0.130. The minimum absolute atomic E-state index is 0.0769. The van der Waals surface area contributed by atoms with Crippen molar-refractivity contribution < 1.29 is 13.5 Å². The quantitative estimate of drug-likeness (QED) is 0.579. The maximum absolute atomic E-state index is 10.9. The molecule has 3 aliphatic rings. The molecule has 0 saturated heterocycles. The van der Waals surface area contributed by atoms with Crippen molar-refractivity contribution in [3.05, 3.63) is 0 Å². The van der Waals surface area contributed by atoms with Gasteiger partial charge >= 0.3 is 0 Å². The van der Waals surface area contributed by atoms with Gasteiger partial charge in [-0.15, -0.1) is 0 Å². The Morgan fingerprint density at radius 1 is 1.36 bits per heavy atom. The first-order valence-electron chi connectivity index (χ1n) is 3.56. The number of primary sulfonamides is 1. The lowest BCUT2D eigenvalue weighted by Crippen LogP contribution is -2.73. The summed E-state index contributed by atoms with van der Waals surface area (Å²) >= 11 is 0. The molecule has 2 bridgehead atoms. The Kier molecular flexibility index (Phi) is 1.11. The first kappa shape index (κ1) is 7.52. The summed E-state index contributed by atoms with van der Waals surface area (Å²) in [6, 6.07) is 0. The van der Waals surface area contributed by atoms with Crippen LogP contribution < -0.4 is 5.14 Å². The zero-order valence-electron chi connectivity index (χ0n) is 6.08. The zero-order valence-corrected chi connectivity index (χ0v) is 6.89. The van der Waals surface area contributed by atoms with Gasteiger partial charge in [-0.3, -0.25) is 0 Å². The Balaban J connectivity index is 2.17. The molecular formula is C6H11NO3S. The molecule has 0 amide bonds. The van der Waals surface area contributed by atoms with Crippen LogP contribution in [-0.2, 0) is 10.0 Å². The van der Waals surface area contributed by atoms with Crippen molar-refractivity contribution in [2.45, 2.75) is 24.0 Å². The number of hydrogen-bond acceptors (Lipinski definition) is 3. The molecule has 0 heterocycles. The molecule has 0 radical (unpaired) electrons. The maximum atomic E-state index is 10.9. The summed E-state index contributed by atoms with van der Waals surface area (Å²) in [7, 11) is -3.36. The number of nitrogens with two attached hydrogens (primary N) is 1. The van der Waals surface area contributed by atoms with Crippen molar-refractivity contribution in [3.8, 4) is 0 Å². The van der Waals surface area contributed by atoms with Gasteiger partial charge < -0.3 is 5.11 Å². The van der Waals surface area contributed by atoms with E-state index < -0.39 is 14.8 Å². The number of aliphatic hydroxyl groups is 1. The first-order chi connectivity index (χ1) is 4.93. The van der Waals surface area contributed by atoms with Crippen molar-refractivity contribution in [2.24, 2.45) is 10.6 Å². The van der Waals surface area contributed by atoms with E-state index >= 15 is 0 Å². The van der Waals surface area contributed by atoms with Crippen molar-refractivity contribution in [3.63, 3.8) is 0 Å².